The summed E-state index contributed by atoms with van der Waals surface area (Å²) in [6, 6.07) is 2.23. The quantitative estimate of drug-likeness (QED) is 0.616. The lowest BCUT2D eigenvalue weighted by Crippen LogP contribution is -2.26. The smallest absolute Gasteiger partial charge is 0.311 e. The molecule has 1 atom stereocenters. The molecule has 1 aromatic rings. The number of ether oxygens (including phenoxy) is 1. The molecule has 0 spiro atoms. The molecule has 1 amide bonds. The summed E-state index contributed by atoms with van der Waals surface area (Å²) in [5, 5.41) is 0. The highest BCUT2D eigenvalue weighted by Crippen LogP contribution is 2.34. The van der Waals surface area contributed by atoms with E-state index in [1.165, 1.54) is 18.1 Å². The van der Waals surface area contributed by atoms with Gasteiger partial charge in [-0.05, 0) is 28.1 Å². The van der Waals surface area contributed by atoms with Crippen LogP contribution in [0.25, 0.3) is 0 Å². The second kappa shape index (κ2) is 5.24. The number of esters is 1. The van der Waals surface area contributed by atoms with E-state index in [9.17, 15) is 18.4 Å². The first-order chi connectivity index (χ1) is 8.95. The second-order valence-electron chi connectivity index (χ2n) is 4.12. The molecule has 7 heteroatoms. The summed E-state index contributed by atoms with van der Waals surface area (Å²) in [7, 11) is 1.24. The topological polar surface area (TPSA) is 46.6 Å². The van der Waals surface area contributed by atoms with Crippen molar-refractivity contribution in [2.75, 3.05) is 18.6 Å². The zero-order valence-corrected chi connectivity index (χ0v) is 11.5. The third kappa shape index (κ3) is 2.47. The van der Waals surface area contributed by atoms with E-state index in [0.717, 1.165) is 6.07 Å². The van der Waals surface area contributed by atoms with Crippen molar-refractivity contribution < 1.29 is 23.1 Å². The van der Waals surface area contributed by atoms with Gasteiger partial charge in [0.15, 0.2) is 11.6 Å². The molecule has 1 aromatic carbocycles. The van der Waals surface area contributed by atoms with Gasteiger partial charge < -0.3 is 9.64 Å². The lowest BCUT2D eigenvalue weighted by molar-refractivity contribution is -0.145. The van der Waals surface area contributed by atoms with Gasteiger partial charge in [0, 0.05) is 13.0 Å². The van der Waals surface area contributed by atoms with Crippen molar-refractivity contribution in [2.24, 2.45) is 5.92 Å². The summed E-state index contributed by atoms with van der Waals surface area (Å²) in [4.78, 5) is 24.5. The number of hydrogen-bond donors (Lipinski definition) is 0. The Morgan fingerprint density at radius 3 is 2.79 bits per heavy atom. The van der Waals surface area contributed by atoms with Crippen molar-refractivity contribution in [1.29, 1.82) is 0 Å². The molecule has 1 fully saturated rings. The van der Waals surface area contributed by atoms with Gasteiger partial charge >= 0.3 is 5.97 Å². The summed E-state index contributed by atoms with van der Waals surface area (Å²) >= 11 is 2.92. The molecule has 2 rings (SSSR count). The highest BCUT2D eigenvalue weighted by atomic mass is 79.9. The van der Waals surface area contributed by atoms with Gasteiger partial charge in [-0.25, -0.2) is 8.78 Å². The Labute approximate surface area is 116 Å². The van der Waals surface area contributed by atoms with E-state index in [-0.39, 0.29) is 29.0 Å². The van der Waals surface area contributed by atoms with Crippen LogP contribution in [0.3, 0.4) is 0 Å². The van der Waals surface area contributed by atoms with E-state index >= 15 is 0 Å². The molecule has 0 bridgehead atoms. The molecule has 1 unspecified atom stereocenters. The van der Waals surface area contributed by atoms with Crippen LogP contribution in [0.4, 0.5) is 14.5 Å². The zero-order chi connectivity index (χ0) is 14.2. The highest BCUT2D eigenvalue weighted by Gasteiger charge is 2.37. The molecule has 19 heavy (non-hydrogen) atoms. The lowest BCUT2D eigenvalue weighted by atomic mass is 10.1. The van der Waals surface area contributed by atoms with E-state index in [0.29, 0.717) is 0 Å². The van der Waals surface area contributed by atoms with Gasteiger partial charge in [-0.15, -0.1) is 0 Å². The van der Waals surface area contributed by atoms with Crippen molar-refractivity contribution in [1.82, 2.24) is 0 Å². The molecule has 1 aliphatic heterocycles. The van der Waals surface area contributed by atoms with Crippen LogP contribution < -0.4 is 4.90 Å². The first-order valence-corrected chi connectivity index (χ1v) is 6.26. The number of benzene rings is 1. The predicted molar refractivity (Wildman–Crippen MR) is 66.5 cm³/mol. The average Bonchev–Trinajstić information content (AvgIpc) is 2.77. The minimum atomic E-state index is -1.06. The van der Waals surface area contributed by atoms with Gasteiger partial charge in [-0.3, -0.25) is 9.59 Å². The van der Waals surface area contributed by atoms with Gasteiger partial charge in [0.25, 0.3) is 0 Å². The summed E-state index contributed by atoms with van der Waals surface area (Å²) in [6.07, 6.45) is -0.00188. The summed E-state index contributed by atoms with van der Waals surface area (Å²) < 4.78 is 30.9. The van der Waals surface area contributed by atoms with Crippen LogP contribution in [0.1, 0.15) is 6.42 Å². The number of rotatable bonds is 2. The van der Waals surface area contributed by atoms with E-state index < -0.39 is 23.5 Å². The minimum Gasteiger partial charge on any atom is -0.469 e. The molecule has 0 N–H and O–H groups in total. The molecule has 102 valence electrons. The molecule has 1 saturated heterocycles. The average molecular weight is 334 g/mol. The maximum Gasteiger partial charge on any atom is 0.311 e. The zero-order valence-electron chi connectivity index (χ0n) is 9.95. The molecular formula is C12H10BrF2NO3. The first kappa shape index (κ1) is 13.9. The number of halogens is 3. The number of amides is 1. The standard InChI is InChI=1S/C12H10BrF2NO3/c1-19-12(18)6-4-9(17)16(5-6)8-3-2-7(14)11(15)10(8)13/h2-3,6H,4-5H2,1H3. The third-order valence-electron chi connectivity index (χ3n) is 2.97. The fraction of sp³-hybridized carbons (Fsp3) is 0.333. The number of hydrogen-bond acceptors (Lipinski definition) is 3. The number of nitrogens with zero attached hydrogens (tertiary/aromatic N) is 1. The molecule has 4 nitrogen and oxygen atoms in total. The fourth-order valence-corrected chi connectivity index (χ4v) is 2.52. The van der Waals surface area contributed by atoms with E-state index in [1.54, 1.807) is 0 Å². The third-order valence-corrected chi connectivity index (χ3v) is 3.72. The van der Waals surface area contributed by atoms with Crippen molar-refractivity contribution >= 4 is 33.5 Å². The molecule has 0 aliphatic carbocycles. The van der Waals surface area contributed by atoms with E-state index in [2.05, 4.69) is 20.7 Å². The van der Waals surface area contributed by atoms with Crippen LogP contribution in [0.5, 0.6) is 0 Å². The van der Waals surface area contributed by atoms with Gasteiger partial charge in [-0.2, -0.15) is 0 Å². The van der Waals surface area contributed by atoms with Gasteiger partial charge in [-0.1, -0.05) is 0 Å². The van der Waals surface area contributed by atoms with Crippen molar-refractivity contribution in [3.8, 4) is 0 Å². The van der Waals surface area contributed by atoms with Gasteiger partial charge in [0.05, 0.1) is 23.2 Å². The molecule has 0 saturated carbocycles. The van der Waals surface area contributed by atoms with Crippen LogP contribution in [0, 0.1) is 17.6 Å². The summed E-state index contributed by atoms with van der Waals surface area (Å²) in [6.45, 7) is 0.0924. The van der Waals surface area contributed by atoms with Gasteiger partial charge in [0.2, 0.25) is 5.91 Å². The maximum atomic E-state index is 13.4. The number of anilines is 1. The molecular weight excluding hydrogens is 324 g/mol. The Kier molecular flexibility index (Phi) is 3.84. The second-order valence-corrected chi connectivity index (χ2v) is 4.92. The Balaban J connectivity index is 2.31. The largest absolute Gasteiger partial charge is 0.469 e. The first-order valence-electron chi connectivity index (χ1n) is 5.47. The lowest BCUT2D eigenvalue weighted by Gasteiger charge is -2.18. The minimum absolute atomic E-state index is 0.00188. The Morgan fingerprint density at radius 1 is 1.47 bits per heavy atom. The normalized spacial score (nSPS) is 18.8. The Bertz CT molecular complexity index is 550. The van der Waals surface area contributed by atoms with E-state index in [1.807, 2.05) is 0 Å². The molecule has 0 aromatic heterocycles. The maximum absolute atomic E-state index is 13.4. The number of carbonyl (C=O) groups excluding carboxylic acids is 2. The number of methoxy groups -OCH3 is 1. The van der Waals surface area contributed by atoms with E-state index in [4.69, 9.17) is 0 Å². The van der Waals surface area contributed by atoms with Crippen LogP contribution in [-0.4, -0.2) is 25.5 Å². The summed E-state index contributed by atoms with van der Waals surface area (Å²) in [5.41, 5.74) is 0.204. The van der Waals surface area contributed by atoms with Crippen molar-refractivity contribution in [3.05, 3.63) is 28.2 Å². The Hall–Kier alpha value is -1.50. The van der Waals surface area contributed by atoms with Gasteiger partial charge in [0.1, 0.15) is 0 Å². The van der Waals surface area contributed by atoms with Crippen LogP contribution >= 0.6 is 15.9 Å². The van der Waals surface area contributed by atoms with Crippen molar-refractivity contribution in [3.63, 3.8) is 0 Å². The SMILES string of the molecule is COC(=O)C1CC(=O)N(c2ccc(F)c(F)c2Br)C1. The Morgan fingerprint density at radius 2 is 2.16 bits per heavy atom. The highest BCUT2D eigenvalue weighted by molar-refractivity contribution is 9.10. The predicted octanol–water partition coefficient (Wildman–Crippen LogP) is 2.25. The van der Waals surface area contributed by atoms with Crippen molar-refractivity contribution in [2.45, 2.75) is 6.42 Å². The summed E-state index contributed by atoms with van der Waals surface area (Å²) in [5.74, 6) is -3.48. The molecule has 0 radical (unpaired) electrons. The monoisotopic (exact) mass is 333 g/mol. The fourth-order valence-electron chi connectivity index (χ4n) is 1.99. The van der Waals surface area contributed by atoms with Crippen LogP contribution in [0.2, 0.25) is 0 Å². The van der Waals surface area contributed by atoms with Crippen LogP contribution in [0.15, 0.2) is 16.6 Å². The molecule has 1 heterocycles. The molecule has 1 aliphatic rings. The van der Waals surface area contributed by atoms with Crippen LogP contribution in [-0.2, 0) is 14.3 Å². The number of carbonyl (C=O) groups is 2.